The van der Waals surface area contributed by atoms with Crippen LogP contribution in [0.4, 0.5) is 5.69 Å². The molecular formula is C25H35N5O7S. The SMILES string of the molecule is COCCN(C(=O)c1snc(C(N)=O)c1N)C(C(=O)NC1CCCCC1)c1cc(OC)c(OC)c(OC)c1. The number of amides is 3. The van der Waals surface area contributed by atoms with E-state index >= 15 is 0 Å². The quantitative estimate of drug-likeness (QED) is 0.359. The molecule has 3 rings (SSSR count). The maximum absolute atomic E-state index is 13.9. The van der Waals surface area contributed by atoms with Crippen molar-refractivity contribution in [3.8, 4) is 17.2 Å². The Morgan fingerprint density at radius 3 is 2.21 bits per heavy atom. The zero-order valence-electron chi connectivity index (χ0n) is 22.1. The van der Waals surface area contributed by atoms with E-state index in [1.807, 2.05) is 0 Å². The van der Waals surface area contributed by atoms with E-state index in [1.54, 1.807) is 12.1 Å². The van der Waals surface area contributed by atoms with E-state index in [-0.39, 0.29) is 41.4 Å². The van der Waals surface area contributed by atoms with Crippen LogP contribution in [0.25, 0.3) is 0 Å². The molecule has 3 amide bonds. The molecule has 1 aliphatic carbocycles. The molecule has 1 aromatic heterocycles. The van der Waals surface area contributed by atoms with Crippen molar-refractivity contribution in [1.29, 1.82) is 0 Å². The van der Waals surface area contributed by atoms with Gasteiger partial charge in [0.2, 0.25) is 11.7 Å². The molecule has 13 heteroatoms. The van der Waals surface area contributed by atoms with Gasteiger partial charge in [-0.3, -0.25) is 14.4 Å². The molecule has 1 atom stereocenters. The van der Waals surface area contributed by atoms with Gasteiger partial charge in [0.25, 0.3) is 11.8 Å². The highest BCUT2D eigenvalue weighted by atomic mass is 32.1. The standard InChI is InChI=1S/C25H35N5O7S/c1-34-11-10-30(25(33)22-18(26)19(23(27)31)29-38-22)20(24(32)28-15-8-6-5-7-9-15)14-12-16(35-2)21(37-4)17(13-14)36-3/h12-13,15,20H,5-11,26H2,1-4H3,(H2,27,31)(H,28,32). The fourth-order valence-corrected chi connectivity index (χ4v) is 5.32. The number of hydrogen-bond acceptors (Lipinski definition) is 10. The van der Waals surface area contributed by atoms with E-state index < -0.39 is 17.9 Å². The number of anilines is 1. The minimum atomic E-state index is -1.12. The van der Waals surface area contributed by atoms with Gasteiger partial charge >= 0.3 is 0 Å². The first-order valence-corrected chi connectivity index (χ1v) is 13.0. The largest absolute Gasteiger partial charge is 0.493 e. The van der Waals surface area contributed by atoms with E-state index in [9.17, 15) is 14.4 Å². The second kappa shape index (κ2) is 13.3. The summed E-state index contributed by atoms with van der Waals surface area (Å²) in [5.41, 5.74) is 11.5. The number of hydrogen-bond donors (Lipinski definition) is 3. The number of carbonyl (C=O) groups excluding carboxylic acids is 3. The molecule has 0 bridgehead atoms. The zero-order chi connectivity index (χ0) is 27.8. The predicted octanol–water partition coefficient (Wildman–Crippen LogP) is 2.13. The minimum absolute atomic E-state index is 0.00203. The van der Waals surface area contributed by atoms with Crippen molar-refractivity contribution >= 4 is 34.9 Å². The average Bonchev–Trinajstić information content (AvgIpc) is 3.31. The van der Waals surface area contributed by atoms with Gasteiger partial charge in [0, 0.05) is 19.7 Å². The lowest BCUT2D eigenvalue weighted by Crippen LogP contribution is -2.48. The van der Waals surface area contributed by atoms with Crippen LogP contribution < -0.4 is 31.0 Å². The number of rotatable bonds is 12. The monoisotopic (exact) mass is 549 g/mol. The van der Waals surface area contributed by atoms with E-state index in [4.69, 9.17) is 30.4 Å². The Morgan fingerprint density at radius 2 is 1.71 bits per heavy atom. The number of ether oxygens (including phenoxy) is 4. The van der Waals surface area contributed by atoms with Crippen LogP contribution in [0.5, 0.6) is 17.2 Å². The summed E-state index contributed by atoms with van der Waals surface area (Å²) in [6.07, 6.45) is 4.85. The van der Waals surface area contributed by atoms with Gasteiger partial charge in [0.1, 0.15) is 10.9 Å². The minimum Gasteiger partial charge on any atom is -0.493 e. The molecule has 12 nitrogen and oxygen atoms in total. The molecule has 208 valence electrons. The number of nitrogens with one attached hydrogen (secondary N) is 1. The van der Waals surface area contributed by atoms with Crippen LogP contribution in [0.1, 0.15) is 63.9 Å². The second-order valence-electron chi connectivity index (χ2n) is 8.83. The average molecular weight is 550 g/mol. The Hall–Kier alpha value is -3.58. The van der Waals surface area contributed by atoms with Crippen molar-refractivity contribution in [3.05, 3.63) is 28.3 Å². The summed E-state index contributed by atoms with van der Waals surface area (Å²) in [6.45, 7) is 0.169. The molecule has 0 saturated heterocycles. The van der Waals surface area contributed by atoms with Gasteiger partial charge in [-0.15, -0.1) is 0 Å². The second-order valence-corrected chi connectivity index (χ2v) is 9.61. The molecule has 2 aromatic rings. The highest BCUT2D eigenvalue weighted by Crippen LogP contribution is 2.41. The molecule has 0 radical (unpaired) electrons. The third-order valence-corrected chi connectivity index (χ3v) is 7.32. The predicted molar refractivity (Wildman–Crippen MR) is 142 cm³/mol. The van der Waals surface area contributed by atoms with Crippen molar-refractivity contribution in [2.75, 3.05) is 47.3 Å². The lowest BCUT2D eigenvalue weighted by molar-refractivity contribution is -0.127. The first-order chi connectivity index (χ1) is 18.3. The third kappa shape index (κ3) is 6.27. The van der Waals surface area contributed by atoms with E-state index in [0.29, 0.717) is 22.8 Å². The van der Waals surface area contributed by atoms with Crippen molar-refractivity contribution in [2.24, 2.45) is 5.73 Å². The van der Waals surface area contributed by atoms with Gasteiger partial charge in [-0.2, -0.15) is 4.37 Å². The van der Waals surface area contributed by atoms with Gasteiger partial charge in [-0.1, -0.05) is 19.3 Å². The third-order valence-electron chi connectivity index (χ3n) is 6.47. The number of nitrogens with zero attached hydrogens (tertiary/aromatic N) is 2. The van der Waals surface area contributed by atoms with Gasteiger partial charge in [-0.25, -0.2) is 0 Å². The summed E-state index contributed by atoms with van der Waals surface area (Å²) in [5.74, 6) is -0.833. The summed E-state index contributed by atoms with van der Waals surface area (Å²) in [5, 5.41) is 3.12. The molecule has 0 spiro atoms. The van der Waals surface area contributed by atoms with Crippen LogP contribution in [0.3, 0.4) is 0 Å². The number of nitrogen functional groups attached to an aromatic ring is 1. The first kappa shape index (κ1) is 29.0. The van der Waals surface area contributed by atoms with E-state index in [2.05, 4.69) is 9.69 Å². The molecule has 1 aromatic carbocycles. The summed E-state index contributed by atoms with van der Waals surface area (Å²) in [7, 11) is 5.90. The summed E-state index contributed by atoms with van der Waals surface area (Å²) >= 11 is 0.747. The highest BCUT2D eigenvalue weighted by molar-refractivity contribution is 7.09. The normalized spacial score (nSPS) is 14.4. The number of benzene rings is 1. The van der Waals surface area contributed by atoms with Crippen molar-refractivity contribution < 1.29 is 33.3 Å². The van der Waals surface area contributed by atoms with Gasteiger partial charge in [0.05, 0.1) is 33.6 Å². The van der Waals surface area contributed by atoms with Gasteiger partial charge < -0.3 is 40.6 Å². The van der Waals surface area contributed by atoms with Crippen LogP contribution in [-0.4, -0.2) is 74.6 Å². The van der Waals surface area contributed by atoms with Crippen LogP contribution in [0.2, 0.25) is 0 Å². The number of aromatic nitrogens is 1. The van der Waals surface area contributed by atoms with Crippen LogP contribution in [0.15, 0.2) is 12.1 Å². The summed E-state index contributed by atoms with van der Waals surface area (Å²) in [4.78, 5) is 40.9. The van der Waals surface area contributed by atoms with Gasteiger partial charge in [0.15, 0.2) is 17.2 Å². The first-order valence-electron chi connectivity index (χ1n) is 12.2. The topological polar surface area (TPSA) is 168 Å². The molecule has 1 saturated carbocycles. The van der Waals surface area contributed by atoms with Crippen LogP contribution in [0, 0.1) is 0 Å². The molecule has 1 unspecified atom stereocenters. The Morgan fingerprint density at radius 1 is 1.08 bits per heavy atom. The fraction of sp³-hybridized carbons (Fsp3) is 0.520. The van der Waals surface area contributed by atoms with Crippen LogP contribution >= 0.6 is 11.5 Å². The maximum atomic E-state index is 13.9. The summed E-state index contributed by atoms with van der Waals surface area (Å²) in [6, 6.07) is 2.12. The van der Waals surface area contributed by atoms with Gasteiger partial charge in [-0.05, 0) is 42.1 Å². The summed E-state index contributed by atoms with van der Waals surface area (Å²) < 4.78 is 25.7. The number of nitrogens with two attached hydrogens (primary N) is 2. The van der Waals surface area contributed by atoms with Crippen molar-refractivity contribution in [2.45, 2.75) is 44.2 Å². The molecule has 1 aliphatic rings. The number of carbonyl (C=O) groups is 3. The molecule has 0 aliphatic heterocycles. The maximum Gasteiger partial charge on any atom is 0.270 e. The molecule has 1 fully saturated rings. The van der Waals surface area contributed by atoms with Crippen molar-refractivity contribution in [3.63, 3.8) is 0 Å². The van der Waals surface area contributed by atoms with Crippen LogP contribution in [-0.2, 0) is 9.53 Å². The Bertz CT molecular complexity index is 1120. The van der Waals surface area contributed by atoms with E-state index in [0.717, 1.165) is 43.6 Å². The molecule has 1 heterocycles. The highest BCUT2D eigenvalue weighted by Gasteiger charge is 2.36. The lowest BCUT2D eigenvalue weighted by atomic mass is 9.94. The Balaban J connectivity index is 2.14. The Kier molecular flexibility index (Phi) is 10.1. The molecule has 38 heavy (non-hydrogen) atoms. The number of methoxy groups -OCH3 is 4. The smallest absolute Gasteiger partial charge is 0.270 e. The fourth-order valence-electron chi connectivity index (χ4n) is 4.56. The van der Waals surface area contributed by atoms with E-state index in [1.165, 1.54) is 33.3 Å². The Labute approximate surface area is 225 Å². The zero-order valence-corrected chi connectivity index (χ0v) is 22.9. The molecular weight excluding hydrogens is 514 g/mol. The number of primary amides is 1. The molecule has 5 N–H and O–H groups in total. The lowest BCUT2D eigenvalue weighted by Gasteiger charge is -2.33. The van der Waals surface area contributed by atoms with Crippen molar-refractivity contribution in [1.82, 2.24) is 14.6 Å².